The first-order valence-corrected chi connectivity index (χ1v) is 8.12. The van der Waals surface area contributed by atoms with E-state index in [-0.39, 0.29) is 30.3 Å². The summed E-state index contributed by atoms with van der Waals surface area (Å²) >= 11 is 0. The van der Waals surface area contributed by atoms with Crippen LogP contribution in [0.2, 0.25) is 0 Å². The molecule has 9 heteroatoms. The summed E-state index contributed by atoms with van der Waals surface area (Å²) < 4.78 is 47.9. The molecule has 0 unspecified atom stereocenters. The van der Waals surface area contributed by atoms with Gasteiger partial charge in [0.05, 0.1) is 13.1 Å². The summed E-state index contributed by atoms with van der Waals surface area (Å²) in [6.45, 7) is 2.33. The third-order valence-electron chi connectivity index (χ3n) is 4.23. The lowest BCUT2D eigenvalue weighted by Gasteiger charge is -2.39. The number of benzene rings is 1. The average Bonchev–Trinajstić information content (AvgIpc) is 2.53. The molecule has 1 aromatic carbocycles. The van der Waals surface area contributed by atoms with E-state index in [4.69, 9.17) is 4.74 Å². The van der Waals surface area contributed by atoms with Crippen molar-refractivity contribution in [3.8, 4) is 11.5 Å². The number of hydrogen-bond acceptors (Lipinski definition) is 4. The van der Waals surface area contributed by atoms with Gasteiger partial charge < -0.3 is 18.9 Å². The molecular weight excluding hydrogens is 365 g/mol. The van der Waals surface area contributed by atoms with E-state index < -0.39 is 18.0 Å². The summed E-state index contributed by atoms with van der Waals surface area (Å²) in [5.41, 5.74) is 0.643. The van der Waals surface area contributed by atoms with Crippen LogP contribution >= 0.6 is 0 Å². The molecule has 0 saturated carbocycles. The third kappa shape index (κ3) is 4.42. The molecule has 1 fully saturated rings. The molecule has 0 atom stereocenters. The van der Waals surface area contributed by atoms with E-state index in [1.165, 1.54) is 27.7 Å². The minimum atomic E-state index is -4.82. The Morgan fingerprint density at radius 3 is 2.48 bits per heavy atom. The number of halogens is 3. The van der Waals surface area contributed by atoms with E-state index in [9.17, 15) is 22.8 Å². The Bertz CT molecular complexity index is 918. The van der Waals surface area contributed by atoms with Gasteiger partial charge in [0.1, 0.15) is 17.6 Å². The van der Waals surface area contributed by atoms with Crippen molar-refractivity contribution in [3.05, 3.63) is 58.0 Å². The van der Waals surface area contributed by atoms with Crippen molar-refractivity contribution >= 4 is 5.91 Å². The standard InChI is InChI=1S/C18H17F3N2O4/c1-11-6-14(8-16(24)22(11)2)26-15-9-23(10-15)17(25)12-4-3-5-13(7-12)27-18(19,20)21/h3-8,15H,9-10H2,1-2H3. The molecule has 3 rings (SSSR count). The van der Waals surface area contributed by atoms with Crippen LogP contribution in [0.3, 0.4) is 0 Å². The first kappa shape index (κ1) is 18.8. The number of likely N-dealkylation sites (tertiary alicyclic amines) is 1. The van der Waals surface area contributed by atoms with Crippen LogP contribution < -0.4 is 15.0 Å². The maximum Gasteiger partial charge on any atom is 0.573 e. The lowest BCUT2D eigenvalue weighted by molar-refractivity contribution is -0.274. The molecule has 1 amide bonds. The summed E-state index contributed by atoms with van der Waals surface area (Å²) in [5, 5.41) is 0. The minimum Gasteiger partial charge on any atom is -0.486 e. The van der Waals surface area contributed by atoms with Gasteiger partial charge in [0.25, 0.3) is 11.5 Å². The normalized spacial score (nSPS) is 14.6. The van der Waals surface area contributed by atoms with Crippen molar-refractivity contribution in [1.82, 2.24) is 9.47 Å². The first-order valence-electron chi connectivity index (χ1n) is 8.12. The fourth-order valence-corrected chi connectivity index (χ4v) is 2.68. The van der Waals surface area contributed by atoms with Crippen LogP contribution in [-0.2, 0) is 7.05 Å². The molecule has 1 aliphatic rings. The summed E-state index contributed by atoms with van der Waals surface area (Å²) in [7, 11) is 1.65. The maximum atomic E-state index is 12.4. The van der Waals surface area contributed by atoms with E-state index >= 15 is 0 Å². The van der Waals surface area contributed by atoms with Crippen LogP contribution in [-0.4, -0.2) is 40.9 Å². The molecule has 27 heavy (non-hydrogen) atoms. The highest BCUT2D eigenvalue weighted by Gasteiger charge is 2.34. The van der Waals surface area contributed by atoms with Gasteiger partial charge in [-0.25, -0.2) is 0 Å². The van der Waals surface area contributed by atoms with Crippen molar-refractivity contribution in [2.75, 3.05) is 13.1 Å². The zero-order valence-electron chi connectivity index (χ0n) is 14.6. The molecule has 1 aliphatic heterocycles. The quantitative estimate of drug-likeness (QED) is 0.815. The Morgan fingerprint density at radius 1 is 1.15 bits per heavy atom. The fraction of sp³-hybridized carbons (Fsp3) is 0.333. The number of hydrogen-bond donors (Lipinski definition) is 0. The average molecular weight is 382 g/mol. The number of alkyl halides is 3. The van der Waals surface area contributed by atoms with Crippen molar-refractivity contribution in [2.24, 2.45) is 7.05 Å². The molecule has 0 spiro atoms. The Morgan fingerprint density at radius 2 is 1.85 bits per heavy atom. The van der Waals surface area contributed by atoms with Crippen molar-refractivity contribution in [1.29, 1.82) is 0 Å². The highest BCUT2D eigenvalue weighted by atomic mass is 19.4. The number of rotatable bonds is 4. The van der Waals surface area contributed by atoms with Gasteiger partial charge in [0, 0.05) is 24.4 Å². The van der Waals surface area contributed by atoms with Crippen LogP contribution in [0.15, 0.2) is 41.2 Å². The van der Waals surface area contributed by atoms with Crippen LogP contribution in [0.5, 0.6) is 11.5 Å². The van der Waals surface area contributed by atoms with Gasteiger partial charge in [-0.3, -0.25) is 9.59 Å². The Balaban J connectivity index is 1.60. The summed E-state index contributed by atoms with van der Waals surface area (Å²) in [5.74, 6) is -0.437. The second kappa shape index (κ2) is 6.98. The number of pyridine rings is 1. The Labute approximate surface area is 152 Å². The topological polar surface area (TPSA) is 60.8 Å². The van der Waals surface area contributed by atoms with E-state index in [1.807, 2.05) is 0 Å². The second-order valence-electron chi connectivity index (χ2n) is 6.26. The highest BCUT2D eigenvalue weighted by Crippen LogP contribution is 2.25. The molecule has 2 aromatic rings. The largest absolute Gasteiger partial charge is 0.573 e. The van der Waals surface area contributed by atoms with Crippen LogP contribution in [0.4, 0.5) is 13.2 Å². The number of aryl methyl sites for hydroxylation is 1. The molecule has 2 heterocycles. The first-order chi connectivity index (χ1) is 12.6. The number of nitrogens with zero attached hydrogens (tertiary/aromatic N) is 2. The Hall–Kier alpha value is -2.97. The van der Waals surface area contributed by atoms with Gasteiger partial charge in [0.15, 0.2) is 0 Å². The molecule has 0 radical (unpaired) electrons. The predicted octanol–water partition coefficient (Wildman–Crippen LogP) is 2.50. The van der Waals surface area contributed by atoms with Crippen molar-refractivity contribution in [2.45, 2.75) is 19.4 Å². The summed E-state index contributed by atoms with van der Waals surface area (Å²) in [6.07, 6.45) is -5.10. The Kier molecular flexibility index (Phi) is 4.86. The summed E-state index contributed by atoms with van der Waals surface area (Å²) in [6, 6.07) is 8.02. The smallest absolute Gasteiger partial charge is 0.486 e. The van der Waals surface area contributed by atoms with E-state index in [0.717, 1.165) is 17.8 Å². The zero-order chi connectivity index (χ0) is 19.8. The SMILES string of the molecule is Cc1cc(OC2CN(C(=O)c3cccc(OC(F)(F)F)c3)C2)cc(=O)n1C. The highest BCUT2D eigenvalue weighted by molar-refractivity contribution is 5.95. The number of carbonyl (C=O) groups excluding carboxylic acids is 1. The van der Waals surface area contributed by atoms with Gasteiger partial charge in [-0.05, 0) is 31.2 Å². The van der Waals surface area contributed by atoms with Crippen molar-refractivity contribution < 1.29 is 27.4 Å². The molecule has 0 aliphatic carbocycles. The minimum absolute atomic E-state index is 0.0969. The lowest BCUT2D eigenvalue weighted by atomic mass is 10.1. The van der Waals surface area contributed by atoms with Gasteiger partial charge in [-0.1, -0.05) is 6.07 Å². The number of amides is 1. The van der Waals surface area contributed by atoms with Gasteiger partial charge in [-0.15, -0.1) is 13.2 Å². The van der Waals surface area contributed by atoms with Crippen LogP contribution in [0.25, 0.3) is 0 Å². The molecule has 0 bridgehead atoms. The van der Waals surface area contributed by atoms with E-state index in [1.54, 1.807) is 20.0 Å². The summed E-state index contributed by atoms with van der Waals surface area (Å²) in [4.78, 5) is 25.6. The fourth-order valence-electron chi connectivity index (χ4n) is 2.68. The molecule has 0 N–H and O–H groups in total. The zero-order valence-corrected chi connectivity index (χ0v) is 14.6. The van der Waals surface area contributed by atoms with Crippen LogP contribution in [0, 0.1) is 6.92 Å². The maximum absolute atomic E-state index is 12.4. The van der Waals surface area contributed by atoms with E-state index in [0.29, 0.717) is 5.75 Å². The lowest BCUT2D eigenvalue weighted by Crippen LogP contribution is -2.56. The molecule has 1 saturated heterocycles. The second-order valence-corrected chi connectivity index (χ2v) is 6.26. The van der Waals surface area contributed by atoms with Crippen molar-refractivity contribution in [3.63, 3.8) is 0 Å². The number of ether oxygens (including phenoxy) is 2. The number of carbonyl (C=O) groups is 1. The molecule has 1 aromatic heterocycles. The third-order valence-corrected chi connectivity index (χ3v) is 4.23. The monoisotopic (exact) mass is 382 g/mol. The molecular formula is C18H17F3N2O4. The molecule has 144 valence electrons. The molecule has 6 nitrogen and oxygen atoms in total. The predicted molar refractivity (Wildman–Crippen MR) is 89.9 cm³/mol. The van der Waals surface area contributed by atoms with Gasteiger partial charge in [0.2, 0.25) is 0 Å². The van der Waals surface area contributed by atoms with Gasteiger partial charge in [-0.2, -0.15) is 0 Å². The number of aromatic nitrogens is 1. The van der Waals surface area contributed by atoms with E-state index in [2.05, 4.69) is 4.74 Å². The van der Waals surface area contributed by atoms with Gasteiger partial charge >= 0.3 is 6.36 Å². The van der Waals surface area contributed by atoms with Crippen LogP contribution in [0.1, 0.15) is 16.1 Å².